The number of nitrogens with one attached hydrogen (secondary N) is 2. The molecule has 1 fully saturated rings. The summed E-state index contributed by atoms with van der Waals surface area (Å²) in [7, 11) is 0. The molecule has 0 saturated carbocycles. The van der Waals surface area contributed by atoms with E-state index < -0.39 is 12.3 Å². The molecule has 1 aliphatic rings. The van der Waals surface area contributed by atoms with Crippen LogP contribution in [0.3, 0.4) is 0 Å². The van der Waals surface area contributed by atoms with Crippen molar-refractivity contribution in [3.05, 3.63) is 143 Å². The number of rotatable bonds is 15. The third-order valence-corrected chi connectivity index (χ3v) is 10.1. The second-order valence-corrected chi connectivity index (χ2v) is 13.9. The molecule has 0 aliphatic carbocycles. The molecule has 6 N–H and O–H groups in total. The van der Waals surface area contributed by atoms with Gasteiger partial charge in [-0.15, -0.1) is 11.8 Å². The van der Waals surface area contributed by atoms with E-state index in [4.69, 9.17) is 15.2 Å². The summed E-state index contributed by atoms with van der Waals surface area (Å²) in [5, 5.41) is 25.4. The number of benzene rings is 4. The van der Waals surface area contributed by atoms with Crippen molar-refractivity contribution in [3.63, 3.8) is 0 Å². The highest BCUT2D eigenvalue weighted by Gasteiger charge is 2.33. The number of thioether (sulfide) groups is 1. The third kappa shape index (κ3) is 10.3. The second-order valence-electron chi connectivity index (χ2n) is 12.9. The number of pyridine rings is 1. The molecule has 2 amide bonds. The number of aromatic nitrogens is 1. The zero-order valence-electron chi connectivity index (χ0n) is 29.5. The van der Waals surface area contributed by atoms with E-state index in [1.165, 1.54) is 11.8 Å². The topological polar surface area (TPSA) is 173 Å². The lowest BCUT2D eigenvalue weighted by Gasteiger charge is -2.36. The summed E-state index contributed by atoms with van der Waals surface area (Å²) in [6.45, 7) is 0.281. The van der Waals surface area contributed by atoms with Gasteiger partial charge >= 0.3 is 5.97 Å². The minimum absolute atomic E-state index is 0.0562. The molecule has 0 bridgehead atoms. The molecule has 3 atom stereocenters. The normalized spacial score (nSPS) is 16.7. The number of aromatic carboxylic acids is 1. The van der Waals surface area contributed by atoms with Gasteiger partial charge in [0.25, 0.3) is 0 Å². The van der Waals surface area contributed by atoms with E-state index in [1.807, 2.05) is 72.8 Å². The van der Waals surface area contributed by atoms with Crippen molar-refractivity contribution in [2.75, 3.05) is 16.8 Å². The first-order valence-electron chi connectivity index (χ1n) is 17.7. The lowest BCUT2D eigenvalue weighted by molar-refractivity contribution is -0.245. The number of carboxylic acid groups (broad SMARTS) is 1. The fourth-order valence-corrected chi connectivity index (χ4v) is 7.12. The van der Waals surface area contributed by atoms with E-state index in [0.717, 1.165) is 33.4 Å². The Morgan fingerprint density at radius 1 is 0.815 bits per heavy atom. The van der Waals surface area contributed by atoms with Crippen molar-refractivity contribution < 1.29 is 34.1 Å². The molecule has 278 valence electrons. The number of nitrogens with two attached hydrogens (primary N) is 1. The molecule has 0 radical (unpaired) electrons. The van der Waals surface area contributed by atoms with E-state index in [-0.39, 0.29) is 49.0 Å². The third-order valence-electron chi connectivity index (χ3n) is 8.97. The van der Waals surface area contributed by atoms with Crippen LogP contribution in [0.15, 0.2) is 120 Å². The molecule has 11 nitrogen and oxygen atoms in total. The number of carboxylic acids is 1. The van der Waals surface area contributed by atoms with Gasteiger partial charge in [0.2, 0.25) is 11.8 Å². The highest BCUT2D eigenvalue weighted by molar-refractivity contribution is 7.99. The van der Waals surface area contributed by atoms with Gasteiger partial charge in [-0.05, 0) is 70.6 Å². The Kier molecular flexibility index (Phi) is 13.1. The number of nitrogen functional groups attached to an aromatic ring is 1. The Morgan fingerprint density at radius 2 is 1.57 bits per heavy atom. The van der Waals surface area contributed by atoms with Crippen molar-refractivity contribution in [2.24, 2.45) is 0 Å². The number of carbonyl (C=O) groups is 3. The van der Waals surface area contributed by atoms with Gasteiger partial charge in [0.05, 0.1) is 35.8 Å². The molecule has 4 aromatic carbocycles. The quantitative estimate of drug-likeness (QED) is 0.0541. The van der Waals surface area contributed by atoms with Crippen LogP contribution < -0.4 is 16.4 Å². The van der Waals surface area contributed by atoms with Gasteiger partial charge in [-0.25, -0.2) is 9.78 Å². The Morgan fingerprint density at radius 3 is 2.35 bits per heavy atom. The number of aliphatic hydroxyl groups excluding tert-OH is 1. The van der Waals surface area contributed by atoms with Gasteiger partial charge in [-0.2, -0.15) is 0 Å². The van der Waals surface area contributed by atoms with Gasteiger partial charge in [-0.1, -0.05) is 72.8 Å². The summed E-state index contributed by atoms with van der Waals surface area (Å²) in [6, 6.07) is 33.7. The Hall–Kier alpha value is -5.53. The maximum atomic E-state index is 12.6. The Bertz CT molecular complexity index is 2080. The van der Waals surface area contributed by atoms with Crippen LogP contribution in [0.5, 0.6) is 0 Å². The molecule has 0 spiro atoms. The van der Waals surface area contributed by atoms with E-state index in [9.17, 15) is 24.6 Å². The zero-order chi connectivity index (χ0) is 37.9. The standard InChI is InChI=1S/C42H42N4O7S/c43-35-12-1-2-13-36(35)46-39(49)15-5-14-38(48)45-24-28-7-3-8-30(21-28)31-9-4-10-32(22-31)42-52-33(26-54-40-34(41(50)51)11-6-20-44-40)23-37(53-42)29-18-16-27(25-47)17-19-29/h1-4,6-13,16-22,33,37,42,47H,5,14-15,23-26,43H2,(H,45,48)(H,46,49)(H,50,51)/t33-,37+,42+/m1/s1. The maximum absolute atomic E-state index is 12.6. The average molecular weight is 747 g/mol. The molecule has 5 aromatic rings. The number of hydrogen-bond donors (Lipinski definition) is 5. The molecule has 1 saturated heterocycles. The van der Waals surface area contributed by atoms with Crippen molar-refractivity contribution in [1.82, 2.24) is 10.3 Å². The number of aliphatic hydroxyl groups is 1. The van der Waals surface area contributed by atoms with Crippen LogP contribution in [0, 0.1) is 0 Å². The predicted molar refractivity (Wildman–Crippen MR) is 207 cm³/mol. The van der Waals surface area contributed by atoms with E-state index in [0.29, 0.717) is 41.5 Å². The fraction of sp³-hybridized carbons (Fsp3) is 0.238. The van der Waals surface area contributed by atoms with Crippen LogP contribution in [0.1, 0.15) is 70.7 Å². The van der Waals surface area contributed by atoms with Gasteiger partial charge in [0, 0.05) is 43.3 Å². The Balaban J connectivity index is 1.09. The van der Waals surface area contributed by atoms with Crippen molar-refractivity contribution >= 4 is 40.9 Å². The monoisotopic (exact) mass is 746 g/mol. The number of nitrogens with zero attached hydrogens (tertiary/aromatic N) is 1. The fourth-order valence-electron chi connectivity index (χ4n) is 6.11. The first-order valence-corrected chi connectivity index (χ1v) is 18.7. The molecule has 1 aliphatic heterocycles. The number of ether oxygens (including phenoxy) is 2. The minimum Gasteiger partial charge on any atom is -0.478 e. The summed E-state index contributed by atoms with van der Waals surface area (Å²) >= 11 is 1.34. The summed E-state index contributed by atoms with van der Waals surface area (Å²) < 4.78 is 13.1. The Labute approximate surface area is 317 Å². The van der Waals surface area contributed by atoms with Crippen LogP contribution in [-0.4, -0.2) is 44.8 Å². The molecule has 2 heterocycles. The van der Waals surface area contributed by atoms with Crippen LogP contribution in [0.2, 0.25) is 0 Å². The van der Waals surface area contributed by atoms with Crippen LogP contribution in [0.25, 0.3) is 11.1 Å². The molecule has 6 rings (SSSR count). The van der Waals surface area contributed by atoms with Crippen molar-refractivity contribution in [2.45, 2.75) is 62.4 Å². The highest BCUT2D eigenvalue weighted by Crippen LogP contribution is 2.40. The van der Waals surface area contributed by atoms with Gasteiger partial charge in [0.1, 0.15) is 5.03 Å². The van der Waals surface area contributed by atoms with Gasteiger partial charge in [0.15, 0.2) is 6.29 Å². The zero-order valence-corrected chi connectivity index (χ0v) is 30.3. The van der Waals surface area contributed by atoms with Crippen LogP contribution in [-0.2, 0) is 32.2 Å². The second kappa shape index (κ2) is 18.5. The molecule has 12 heteroatoms. The summed E-state index contributed by atoms with van der Waals surface area (Å²) in [4.78, 5) is 41.0. The summed E-state index contributed by atoms with van der Waals surface area (Å²) in [5.41, 5.74) is 12.5. The van der Waals surface area contributed by atoms with E-state index in [1.54, 1.807) is 42.6 Å². The summed E-state index contributed by atoms with van der Waals surface area (Å²) in [5.74, 6) is -0.906. The molecule has 1 aromatic heterocycles. The number of para-hydroxylation sites is 2. The van der Waals surface area contributed by atoms with Crippen LogP contribution >= 0.6 is 11.8 Å². The van der Waals surface area contributed by atoms with Gasteiger partial charge < -0.3 is 36.1 Å². The predicted octanol–water partition coefficient (Wildman–Crippen LogP) is 7.28. The minimum atomic E-state index is -1.03. The van der Waals surface area contributed by atoms with Crippen LogP contribution in [0.4, 0.5) is 11.4 Å². The number of amides is 2. The molecule has 0 unspecified atom stereocenters. The largest absolute Gasteiger partial charge is 0.478 e. The summed E-state index contributed by atoms with van der Waals surface area (Å²) in [6.07, 6.45) is 1.65. The SMILES string of the molecule is Nc1ccccc1NC(=O)CCCC(=O)NCc1cccc(-c2cccc([C@H]3O[C@@H](CSc4ncccc4C(=O)O)C[C@@H](c4ccc(CO)cc4)O3)c2)c1. The van der Waals surface area contributed by atoms with E-state index >= 15 is 0 Å². The lowest BCUT2D eigenvalue weighted by atomic mass is 9.99. The first-order chi connectivity index (χ1) is 26.2. The van der Waals surface area contributed by atoms with E-state index in [2.05, 4.69) is 15.6 Å². The van der Waals surface area contributed by atoms with Crippen molar-refractivity contribution in [1.29, 1.82) is 0 Å². The first kappa shape index (κ1) is 38.2. The van der Waals surface area contributed by atoms with Crippen molar-refractivity contribution in [3.8, 4) is 11.1 Å². The average Bonchev–Trinajstić information content (AvgIpc) is 3.20. The molecule has 54 heavy (non-hydrogen) atoms. The molecular formula is C42H42N4O7S. The highest BCUT2D eigenvalue weighted by atomic mass is 32.2. The lowest BCUT2D eigenvalue weighted by Crippen LogP contribution is -2.31. The van der Waals surface area contributed by atoms with Gasteiger partial charge in [-0.3, -0.25) is 9.59 Å². The molecular weight excluding hydrogens is 705 g/mol. The number of hydrogen-bond acceptors (Lipinski definition) is 9. The smallest absolute Gasteiger partial charge is 0.338 e. The maximum Gasteiger partial charge on any atom is 0.338 e. The number of anilines is 2. The number of carbonyl (C=O) groups excluding carboxylic acids is 2.